The molecule has 2 fully saturated rings. The van der Waals surface area contributed by atoms with E-state index < -0.39 is 0 Å². The van der Waals surface area contributed by atoms with Crippen LogP contribution in [0, 0.1) is 5.92 Å². The molecule has 6 heteroatoms. The predicted octanol–water partition coefficient (Wildman–Crippen LogP) is 3.28. The third-order valence-corrected chi connectivity index (χ3v) is 6.20. The lowest BCUT2D eigenvalue weighted by Crippen LogP contribution is -2.51. The van der Waals surface area contributed by atoms with Crippen molar-refractivity contribution in [3.05, 3.63) is 71.4 Å². The maximum absolute atomic E-state index is 13.0. The summed E-state index contributed by atoms with van der Waals surface area (Å²) >= 11 is 6.09. The smallest absolute Gasteiger partial charge is 0.225 e. The second kappa shape index (κ2) is 11.3. The van der Waals surface area contributed by atoms with Crippen LogP contribution < -0.4 is 5.73 Å². The van der Waals surface area contributed by atoms with Gasteiger partial charge >= 0.3 is 0 Å². The molecule has 2 aliphatic rings. The summed E-state index contributed by atoms with van der Waals surface area (Å²) < 4.78 is 0. The number of piperazine rings is 1. The maximum atomic E-state index is 13.0. The number of amides is 1. The van der Waals surface area contributed by atoms with Gasteiger partial charge in [0.15, 0.2) is 0 Å². The van der Waals surface area contributed by atoms with Gasteiger partial charge in [0.2, 0.25) is 5.91 Å². The van der Waals surface area contributed by atoms with Crippen LogP contribution >= 0.6 is 11.6 Å². The lowest BCUT2D eigenvalue weighted by atomic mass is 9.94. The predicted molar refractivity (Wildman–Crippen MR) is 124 cm³/mol. The SMILES string of the molecule is C=C/C=C(\C=C/N)CN1CCC(C(=O)N2CCN(Cc3cccc(Cl)c3)CC2)CC1. The van der Waals surface area contributed by atoms with Crippen LogP contribution in [-0.2, 0) is 11.3 Å². The summed E-state index contributed by atoms with van der Waals surface area (Å²) in [5, 5.41) is 0.777. The third-order valence-electron chi connectivity index (χ3n) is 5.96. The number of nitrogens with zero attached hydrogens (tertiary/aromatic N) is 3. The van der Waals surface area contributed by atoms with Crippen molar-refractivity contribution in [3.8, 4) is 0 Å². The lowest BCUT2D eigenvalue weighted by Gasteiger charge is -2.38. The van der Waals surface area contributed by atoms with Gasteiger partial charge in [-0.1, -0.05) is 42.5 Å². The first kappa shape index (κ1) is 22.6. The number of nitrogens with two attached hydrogens (primary N) is 1. The van der Waals surface area contributed by atoms with E-state index in [4.69, 9.17) is 17.3 Å². The van der Waals surface area contributed by atoms with Crippen molar-refractivity contribution in [1.82, 2.24) is 14.7 Å². The van der Waals surface area contributed by atoms with Gasteiger partial charge in [0.1, 0.15) is 0 Å². The summed E-state index contributed by atoms with van der Waals surface area (Å²) in [7, 11) is 0. The molecule has 0 radical (unpaired) electrons. The number of hydrogen-bond donors (Lipinski definition) is 1. The van der Waals surface area contributed by atoms with Gasteiger partial charge in [0, 0.05) is 50.2 Å². The summed E-state index contributed by atoms with van der Waals surface area (Å²) in [6.07, 6.45) is 9.12. The van der Waals surface area contributed by atoms with Crippen molar-refractivity contribution < 1.29 is 4.79 Å². The minimum Gasteiger partial charge on any atom is -0.405 e. The molecule has 2 aliphatic heterocycles. The van der Waals surface area contributed by atoms with Gasteiger partial charge in [-0.2, -0.15) is 0 Å². The van der Waals surface area contributed by atoms with Crippen molar-refractivity contribution >= 4 is 17.5 Å². The Hall–Kier alpha value is -2.08. The van der Waals surface area contributed by atoms with E-state index in [0.29, 0.717) is 5.91 Å². The molecule has 162 valence electrons. The number of allylic oxidation sites excluding steroid dienone is 2. The van der Waals surface area contributed by atoms with Crippen molar-refractivity contribution in [2.45, 2.75) is 19.4 Å². The van der Waals surface area contributed by atoms with E-state index >= 15 is 0 Å². The van der Waals surface area contributed by atoms with Gasteiger partial charge in [-0.25, -0.2) is 0 Å². The Labute approximate surface area is 185 Å². The van der Waals surface area contributed by atoms with Gasteiger partial charge in [-0.05, 0) is 61.5 Å². The molecule has 1 aromatic carbocycles. The maximum Gasteiger partial charge on any atom is 0.225 e. The molecule has 2 heterocycles. The van der Waals surface area contributed by atoms with E-state index in [1.54, 1.807) is 12.3 Å². The first-order chi connectivity index (χ1) is 14.6. The fourth-order valence-corrected chi connectivity index (χ4v) is 4.52. The zero-order chi connectivity index (χ0) is 21.3. The molecule has 0 aromatic heterocycles. The Morgan fingerprint density at radius 1 is 1.13 bits per heavy atom. The van der Waals surface area contributed by atoms with E-state index in [1.807, 2.05) is 30.4 Å². The molecule has 30 heavy (non-hydrogen) atoms. The average molecular weight is 429 g/mol. The van der Waals surface area contributed by atoms with E-state index in [2.05, 4.69) is 27.3 Å². The van der Waals surface area contributed by atoms with Crippen LogP contribution in [0.2, 0.25) is 5.02 Å². The van der Waals surface area contributed by atoms with Crippen LogP contribution in [0.4, 0.5) is 0 Å². The number of benzene rings is 1. The normalized spacial score (nSPS) is 20.0. The minimum absolute atomic E-state index is 0.151. The Balaban J connectivity index is 1.42. The van der Waals surface area contributed by atoms with Crippen LogP contribution in [0.5, 0.6) is 0 Å². The standard InChI is InChI=1S/C24H33ClN4O/c1-2-4-20(7-10-26)18-27-11-8-22(9-12-27)24(30)29-15-13-28(14-16-29)19-21-5-3-6-23(25)17-21/h2-7,10,17,22H,1,8-9,11-16,18-19,26H2/b10-7-,20-4+. The molecule has 0 spiro atoms. The number of likely N-dealkylation sites (tertiary alicyclic amines) is 1. The third kappa shape index (κ3) is 6.46. The summed E-state index contributed by atoms with van der Waals surface area (Å²) in [6.45, 7) is 10.8. The molecule has 0 saturated carbocycles. The molecule has 2 saturated heterocycles. The molecule has 5 nitrogen and oxygen atoms in total. The fraction of sp³-hybridized carbons (Fsp3) is 0.458. The van der Waals surface area contributed by atoms with Crippen LogP contribution in [-0.4, -0.2) is 66.4 Å². The topological polar surface area (TPSA) is 52.8 Å². The number of carbonyl (C=O) groups excluding carboxylic acids is 1. The van der Waals surface area contributed by atoms with Crippen LogP contribution in [0.25, 0.3) is 0 Å². The largest absolute Gasteiger partial charge is 0.405 e. The zero-order valence-corrected chi connectivity index (χ0v) is 18.4. The van der Waals surface area contributed by atoms with Gasteiger partial charge in [0.25, 0.3) is 0 Å². The molecule has 0 aliphatic carbocycles. The van der Waals surface area contributed by atoms with E-state index in [9.17, 15) is 4.79 Å². The average Bonchev–Trinajstić information content (AvgIpc) is 2.75. The highest BCUT2D eigenvalue weighted by Crippen LogP contribution is 2.22. The van der Waals surface area contributed by atoms with Crippen molar-refractivity contribution in [1.29, 1.82) is 0 Å². The van der Waals surface area contributed by atoms with Crippen molar-refractivity contribution in [2.75, 3.05) is 45.8 Å². The van der Waals surface area contributed by atoms with E-state index in [0.717, 1.165) is 75.8 Å². The molecule has 1 aromatic rings. The molecule has 0 atom stereocenters. The molecule has 0 unspecified atom stereocenters. The number of piperidine rings is 1. The van der Waals surface area contributed by atoms with Gasteiger partial charge in [-0.3, -0.25) is 14.6 Å². The summed E-state index contributed by atoms with van der Waals surface area (Å²) in [5.41, 5.74) is 7.91. The molecule has 0 bridgehead atoms. The van der Waals surface area contributed by atoms with Crippen molar-refractivity contribution in [3.63, 3.8) is 0 Å². The van der Waals surface area contributed by atoms with Crippen LogP contribution in [0.3, 0.4) is 0 Å². The van der Waals surface area contributed by atoms with Crippen molar-refractivity contribution in [2.24, 2.45) is 11.7 Å². The summed E-state index contributed by atoms with van der Waals surface area (Å²) in [5.74, 6) is 0.485. The molecular formula is C24H33ClN4O. The first-order valence-corrected chi connectivity index (χ1v) is 11.1. The van der Waals surface area contributed by atoms with Gasteiger partial charge in [0.05, 0.1) is 0 Å². The molecule has 3 rings (SSSR count). The van der Waals surface area contributed by atoms with E-state index in [1.165, 1.54) is 5.56 Å². The Bertz CT molecular complexity index is 775. The fourth-order valence-electron chi connectivity index (χ4n) is 4.31. The Kier molecular flexibility index (Phi) is 8.55. The Morgan fingerprint density at radius 3 is 2.50 bits per heavy atom. The zero-order valence-electron chi connectivity index (χ0n) is 17.7. The molecular weight excluding hydrogens is 396 g/mol. The number of halogens is 1. The van der Waals surface area contributed by atoms with Gasteiger partial charge < -0.3 is 10.6 Å². The highest BCUT2D eigenvalue weighted by molar-refractivity contribution is 6.30. The second-order valence-corrected chi connectivity index (χ2v) is 8.55. The summed E-state index contributed by atoms with van der Waals surface area (Å²) in [6, 6.07) is 8.02. The van der Waals surface area contributed by atoms with Crippen LogP contribution in [0.1, 0.15) is 18.4 Å². The Morgan fingerprint density at radius 2 is 1.87 bits per heavy atom. The highest BCUT2D eigenvalue weighted by Gasteiger charge is 2.30. The number of hydrogen-bond acceptors (Lipinski definition) is 4. The monoisotopic (exact) mass is 428 g/mol. The minimum atomic E-state index is 0.151. The van der Waals surface area contributed by atoms with E-state index in [-0.39, 0.29) is 5.92 Å². The second-order valence-electron chi connectivity index (χ2n) is 8.12. The number of carbonyl (C=O) groups is 1. The highest BCUT2D eigenvalue weighted by atomic mass is 35.5. The molecule has 2 N–H and O–H groups in total. The summed E-state index contributed by atoms with van der Waals surface area (Å²) in [4.78, 5) is 19.9. The molecule has 1 amide bonds. The quantitative estimate of drug-likeness (QED) is 0.677. The number of rotatable bonds is 7. The van der Waals surface area contributed by atoms with Crippen LogP contribution in [0.15, 0.2) is 60.8 Å². The lowest BCUT2D eigenvalue weighted by molar-refractivity contribution is -0.138. The van der Waals surface area contributed by atoms with Gasteiger partial charge in [-0.15, -0.1) is 0 Å². The first-order valence-electron chi connectivity index (χ1n) is 10.8.